The van der Waals surface area contributed by atoms with E-state index in [0.717, 1.165) is 23.5 Å². The van der Waals surface area contributed by atoms with Gasteiger partial charge < -0.3 is 22.2 Å². The van der Waals surface area contributed by atoms with Crippen molar-refractivity contribution in [2.45, 2.75) is 43.9 Å². The summed E-state index contributed by atoms with van der Waals surface area (Å²) in [5, 5.41) is -0.261. The van der Waals surface area contributed by atoms with Crippen LogP contribution in [0.3, 0.4) is 0 Å². The van der Waals surface area contributed by atoms with Crippen LogP contribution in [-0.4, -0.2) is 12.2 Å². The Morgan fingerprint density at radius 3 is 2.19 bits per heavy atom. The largest absolute Gasteiger partial charge is 0.737 e. The molecule has 4 aliphatic rings. The van der Waals surface area contributed by atoms with E-state index in [9.17, 15) is 4.79 Å². The maximum atomic E-state index is 11.6. The second-order valence-electron chi connectivity index (χ2n) is 7.40. The number of ether oxygens (including phenoxy) is 1. The van der Waals surface area contributed by atoms with E-state index in [2.05, 4.69) is 0 Å². The van der Waals surface area contributed by atoms with Gasteiger partial charge in [0.1, 0.15) is 5.75 Å². The lowest BCUT2D eigenvalue weighted by Crippen LogP contribution is -2.48. The monoisotopic (exact) mass is 301 g/mol. The van der Waals surface area contributed by atoms with Gasteiger partial charge in [0, 0.05) is 10.7 Å². The summed E-state index contributed by atoms with van der Waals surface area (Å²) in [4.78, 5) is 11.6. The van der Waals surface area contributed by atoms with Crippen LogP contribution in [0.15, 0.2) is 18.2 Å². The zero-order valence-corrected chi connectivity index (χ0v) is 13.2. The van der Waals surface area contributed by atoms with E-state index in [-0.39, 0.29) is 10.5 Å². The Kier molecular flexibility index (Phi) is 3.04. The van der Waals surface area contributed by atoms with E-state index < -0.39 is 0 Å². The average molecular weight is 301 g/mol. The lowest BCUT2D eigenvalue weighted by molar-refractivity contribution is -0.00616. The number of hydrogen-bond donors (Lipinski definition) is 0. The first-order valence-corrected chi connectivity index (χ1v) is 8.40. The first kappa shape index (κ1) is 13.6. The maximum absolute atomic E-state index is 11.6. The van der Waals surface area contributed by atoms with Gasteiger partial charge in [0.2, 0.25) is 0 Å². The van der Waals surface area contributed by atoms with Crippen LogP contribution in [-0.2, 0) is 18.0 Å². The van der Waals surface area contributed by atoms with E-state index in [1.54, 1.807) is 13.2 Å². The minimum absolute atomic E-state index is 0.237. The molecule has 1 aromatic carbocycles. The molecular formula is C18H21O2S-. The summed E-state index contributed by atoms with van der Waals surface area (Å²) < 4.78 is 5.62. The van der Waals surface area contributed by atoms with Gasteiger partial charge in [-0.1, -0.05) is 0 Å². The minimum Gasteiger partial charge on any atom is -0.737 e. The summed E-state index contributed by atoms with van der Waals surface area (Å²) in [5.74, 6) is 3.58. The van der Waals surface area contributed by atoms with Crippen LogP contribution in [0.4, 0.5) is 0 Å². The molecule has 0 unspecified atom stereocenters. The fourth-order valence-corrected chi connectivity index (χ4v) is 5.82. The normalized spacial score (nSPS) is 36.7. The van der Waals surface area contributed by atoms with Crippen molar-refractivity contribution < 1.29 is 9.53 Å². The molecule has 0 heterocycles. The smallest absolute Gasteiger partial charge is 0.122 e. The van der Waals surface area contributed by atoms with Crippen LogP contribution in [0.5, 0.6) is 5.75 Å². The standard InChI is InChI=1S/C18H22O2S/c1-20-16-3-2-14(17(19)21)7-15(16)18-8-11-4-12(9-18)6-13(5-11)10-18/h2-3,7,11-13H,4-6,8-10H2,1H3,(H,19,21)/p-1. The van der Waals surface area contributed by atoms with E-state index >= 15 is 0 Å². The molecule has 0 aliphatic heterocycles. The average Bonchev–Trinajstić information content (AvgIpc) is 2.45. The Labute approximate surface area is 131 Å². The topological polar surface area (TPSA) is 26.3 Å². The van der Waals surface area contributed by atoms with Crippen molar-refractivity contribution in [3.8, 4) is 5.75 Å². The summed E-state index contributed by atoms with van der Waals surface area (Å²) in [6.07, 6.45) is 8.06. The Bertz CT molecular complexity index is 558. The number of benzene rings is 1. The molecule has 0 radical (unpaired) electrons. The number of rotatable bonds is 3. The molecule has 4 fully saturated rings. The molecule has 112 valence electrons. The van der Waals surface area contributed by atoms with Crippen LogP contribution in [0.2, 0.25) is 0 Å². The molecule has 0 amide bonds. The van der Waals surface area contributed by atoms with Crippen molar-refractivity contribution in [1.29, 1.82) is 0 Å². The molecule has 5 rings (SSSR count). The lowest BCUT2D eigenvalue weighted by atomic mass is 9.48. The van der Waals surface area contributed by atoms with Gasteiger partial charge >= 0.3 is 0 Å². The van der Waals surface area contributed by atoms with Crippen LogP contribution in [0.25, 0.3) is 0 Å². The summed E-state index contributed by atoms with van der Waals surface area (Å²) in [7, 11) is 1.73. The fraction of sp³-hybridized carbons (Fsp3) is 0.611. The van der Waals surface area contributed by atoms with Crippen molar-refractivity contribution in [3.05, 3.63) is 29.3 Å². The Hall–Kier alpha value is -1.09. The number of carbonyl (C=O) groups excluding carboxylic acids is 1. The predicted octanol–water partition coefficient (Wildman–Crippen LogP) is 3.85. The molecular weight excluding hydrogens is 280 g/mol. The van der Waals surface area contributed by atoms with Crippen molar-refractivity contribution in [2.75, 3.05) is 7.11 Å². The van der Waals surface area contributed by atoms with Gasteiger partial charge in [0.15, 0.2) is 0 Å². The molecule has 0 N–H and O–H groups in total. The summed E-state index contributed by atoms with van der Waals surface area (Å²) in [6, 6.07) is 5.77. The number of methoxy groups -OCH3 is 1. The van der Waals surface area contributed by atoms with Gasteiger partial charge in [-0.2, -0.15) is 0 Å². The molecule has 3 heteroatoms. The SMILES string of the molecule is COc1ccc(C(=O)[S-])cc1C12CC3CC(CC(C3)C1)C2. The second-order valence-corrected chi connectivity index (χ2v) is 7.77. The van der Waals surface area contributed by atoms with Crippen LogP contribution < -0.4 is 4.74 Å². The molecule has 21 heavy (non-hydrogen) atoms. The van der Waals surface area contributed by atoms with E-state index in [0.29, 0.717) is 5.56 Å². The van der Waals surface area contributed by atoms with Gasteiger partial charge in [-0.25, -0.2) is 0 Å². The fourth-order valence-electron chi connectivity index (χ4n) is 5.69. The highest BCUT2D eigenvalue weighted by molar-refractivity contribution is 7.77. The molecule has 0 atom stereocenters. The van der Waals surface area contributed by atoms with Gasteiger partial charge in [-0.15, -0.1) is 0 Å². The summed E-state index contributed by atoms with van der Waals surface area (Å²) in [6.45, 7) is 0. The van der Waals surface area contributed by atoms with Crippen molar-refractivity contribution in [3.63, 3.8) is 0 Å². The summed E-state index contributed by atoms with van der Waals surface area (Å²) in [5.41, 5.74) is 2.14. The highest BCUT2D eigenvalue weighted by atomic mass is 32.1. The zero-order chi connectivity index (χ0) is 14.6. The van der Waals surface area contributed by atoms with Crippen molar-refractivity contribution in [2.24, 2.45) is 17.8 Å². The molecule has 0 spiro atoms. The third kappa shape index (κ3) is 2.09. The number of carbonyl (C=O) groups is 1. The van der Waals surface area contributed by atoms with E-state index in [1.807, 2.05) is 12.1 Å². The first-order chi connectivity index (χ1) is 10.1. The Morgan fingerprint density at radius 2 is 1.71 bits per heavy atom. The Morgan fingerprint density at radius 1 is 1.14 bits per heavy atom. The lowest BCUT2D eigenvalue weighted by Gasteiger charge is -2.57. The van der Waals surface area contributed by atoms with Crippen molar-refractivity contribution in [1.82, 2.24) is 0 Å². The molecule has 4 aliphatic carbocycles. The third-order valence-electron chi connectivity index (χ3n) is 6.04. The molecule has 4 bridgehead atoms. The molecule has 1 aromatic rings. The minimum atomic E-state index is -0.261. The molecule has 0 aromatic heterocycles. The van der Waals surface area contributed by atoms with Gasteiger partial charge in [-0.3, -0.25) is 0 Å². The van der Waals surface area contributed by atoms with E-state index in [4.69, 9.17) is 17.4 Å². The molecule has 2 nitrogen and oxygen atoms in total. The van der Waals surface area contributed by atoms with Crippen LogP contribution >= 0.6 is 0 Å². The highest BCUT2D eigenvalue weighted by Gasteiger charge is 2.52. The van der Waals surface area contributed by atoms with Gasteiger partial charge in [-0.05, 0) is 85.5 Å². The molecule has 0 saturated heterocycles. The third-order valence-corrected chi connectivity index (χ3v) is 6.28. The van der Waals surface area contributed by atoms with E-state index in [1.165, 1.54) is 44.1 Å². The second kappa shape index (κ2) is 4.70. The quantitative estimate of drug-likeness (QED) is 0.793. The zero-order valence-electron chi connectivity index (χ0n) is 12.4. The first-order valence-electron chi connectivity index (χ1n) is 7.99. The van der Waals surface area contributed by atoms with Gasteiger partial charge in [0.25, 0.3) is 0 Å². The van der Waals surface area contributed by atoms with Crippen molar-refractivity contribution >= 4 is 17.7 Å². The van der Waals surface area contributed by atoms with Crippen LogP contribution in [0, 0.1) is 17.8 Å². The highest BCUT2D eigenvalue weighted by Crippen LogP contribution is 2.61. The van der Waals surface area contributed by atoms with Crippen LogP contribution in [0.1, 0.15) is 54.4 Å². The number of hydrogen-bond acceptors (Lipinski definition) is 3. The maximum Gasteiger partial charge on any atom is 0.122 e. The molecule has 4 saturated carbocycles. The van der Waals surface area contributed by atoms with Gasteiger partial charge in [0.05, 0.1) is 7.11 Å². The summed E-state index contributed by atoms with van der Waals surface area (Å²) >= 11 is 4.85. The Balaban J connectivity index is 1.81. The predicted molar refractivity (Wildman–Crippen MR) is 84.5 cm³/mol.